The van der Waals surface area contributed by atoms with Gasteiger partial charge in [0.15, 0.2) is 11.0 Å². The fourth-order valence-electron chi connectivity index (χ4n) is 4.43. The molecule has 2 unspecified atom stereocenters. The molecule has 10 heteroatoms. The summed E-state index contributed by atoms with van der Waals surface area (Å²) in [6.45, 7) is 2.94. The highest BCUT2D eigenvalue weighted by Crippen LogP contribution is 2.40. The van der Waals surface area contributed by atoms with Crippen molar-refractivity contribution < 1.29 is 19.0 Å². The van der Waals surface area contributed by atoms with E-state index in [-0.39, 0.29) is 42.0 Å². The van der Waals surface area contributed by atoms with Crippen molar-refractivity contribution in [1.29, 1.82) is 5.26 Å². The maximum absolute atomic E-state index is 13.9. The molecule has 1 N–H and O–H groups in total. The van der Waals surface area contributed by atoms with Crippen molar-refractivity contribution in [3.05, 3.63) is 10.7 Å². The van der Waals surface area contributed by atoms with Gasteiger partial charge in [0, 0.05) is 26.1 Å². The number of aliphatic hydroxyl groups is 1. The number of fused-ring (bicyclic) bond motifs is 1. The second-order valence-corrected chi connectivity index (χ2v) is 8.00. The zero-order valence-electron chi connectivity index (χ0n) is 15.5. The van der Waals surface area contributed by atoms with Crippen LogP contribution < -0.4 is 9.64 Å². The van der Waals surface area contributed by atoms with Crippen LogP contribution in [-0.2, 0) is 4.74 Å². The van der Waals surface area contributed by atoms with Crippen LogP contribution in [0, 0.1) is 11.3 Å². The lowest BCUT2D eigenvalue weighted by Gasteiger charge is -2.31. The second-order valence-electron chi connectivity index (χ2n) is 7.65. The van der Waals surface area contributed by atoms with Gasteiger partial charge in [0.1, 0.15) is 24.4 Å². The third-order valence-electron chi connectivity index (χ3n) is 5.71. The summed E-state index contributed by atoms with van der Waals surface area (Å²) in [5.41, 5.74) is -0.191. The van der Waals surface area contributed by atoms with Crippen molar-refractivity contribution in [3.8, 4) is 12.1 Å². The number of alkyl halides is 1. The summed E-state index contributed by atoms with van der Waals surface area (Å²) in [5, 5.41) is 19.5. The number of β-amino-alcohol motifs (C(OH)–C–C–N with tert-alkyl or cyclic N) is 1. The number of aliphatic hydroxyl groups excluding tert-OH is 1. The molecule has 0 bridgehead atoms. The molecule has 0 aliphatic carbocycles. The summed E-state index contributed by atoms with van der Waals surface area (Å²) >= 11 is 6.21. The molecule has 3 saturated heterocycles. The minimum absolute atomic E-state index is 0.00211. The molecule has 3 atom stereocenters. The van der Waals surface area contributed by atoms with E-state index in [9.17, 15) is 14.8 Å². The first-order valence-electron chi connectivity index (χ1n) is 9.51. The zero-order chi connectivity index (χ0) is 19.7. The van der Waals surface area contributed by atoms with Crippen LogP contribution in [0.5, 0.6) is 6.01 Å². The van der Waals surface area contributed by atoms with Gasteiger partial charge in [-0.3, -0.25) is 4.90 Å². The number of hydrogen-bond acceptors (Lipinski definition) is 8. The van der Waals surface area contributed by atoms with Crippen LogP contribution in [0.25, 0.3) is 0 Å². The quantitative estimate of drug-likeness (QED) is 0.737. The minimum atomic E-state index is -0.844. The summed E-state index contributed by atoms with van der Waals surface area (Å²) in [4.78, 5) is 12.4. The monoisotopic (exact) mass is 411 g/mol. The van der Waals surface area contributed by atoms with E-state index in [0.29, 0.717) is 31.9 Å². The smallest absolute Gasteiger partial charge is 0.319 e. The standard InChI is InChI=1S/C18H23ClFN5O3/c19-15-14(7-21)16(24-4-5-27-10-13(26)9-24)23-17(22-15)28-11-18-2-1-3-25(18)8-12(20)6-18/h12-13,26H,1-6,8-11H2/t12?,13?,18-/m0/s1. The van der Waals surface area contributed by atoms with Crippen LogP contribution in [0.15, 0.2) is 0 Å². The van der Waals surface area contributed by atoms with Gasteiger partial charge in [-0.05, 0) is 19.4 Å². The topological polar surface area (TPSA) is 94.7 Å². The van der Waals surface area contributed by atoms with E-state index in [4.69, 9.17) is 21.1 Å². The molecule has 3 fully saturated rings. The molecule has 3 aliphatic heterocycles. The van der Waals surface area contributed by atoms with Crippen LogP contribution in [0.2, 0.25) is 5.15 Å². The number of ether oxygens (including phenoxy) is 2. The van der Waals surface area contributed by atoms with Crippen molar-refractivity contribution in [2.45, 2.75) is 37.1 Å². The molecule has 28 heavy (non-hydrogen) atoms. The summed E-state index contributed by atoms with van der Waals surface area (Å²) in [5.74, 6) is 0.317. The molecule has 0 spiro atoms. The van der Waals surface area contributed by atoms with E-state index < -0.39 is 12.3 Å². The first-order chi connectivity index (χ1) is 13.5. The maximum atomic E-state index is 13.9. The number of anilines is 1. The number of nitrogens with zero attached hydrogens (tertiary/aromatic N) is 5. The first kappa shape index (κ1) is 19.6. The normalized spacial score (nSPS) is 30.7. The van der Waals surface area contributed by atoms with Crippen molar-refractivity contribution in [2.24, 2.45) is 0 Å². The summed E-state index contributed by atoms with van der Waals surface area (Å²) in [6.07, 6.45) is 0.795. The Morgan fingerprint density at radius 3 is 3.07 bits per heavy atom. The van der Waals surface area contributed by atoms with E-state index in [1.165, 1.54) is 0 Å². The molecule has 0 radical (unpaired) electrons. The van der Waals surface area contributed by atoms with Gasteiger partial charge in [-0.25, -0.2) is 4.39 Å². The Bertz CT molecular complexity index is 778. The molecule has 1 aromatic rings. The van der Waals surface area contributed by atoms with Crippen molar-refractivity contribution in [2.75, 3.05) is 50.9 Å². The van der Waals surface area contributed by atoms with Gasteiger partial charge in [0.05, 0.1) is 24.9 Å². The third kappa shape index (κ3) is 3.74. The Labute approximate surface area is 167 Å². The Kier molecular flexibility index (Phi) is 5.56. The highest BCUT2D eigenvalue weighted by molar-refractivity contribution is 6.30. The van der Waals surface area contributed by atoms with Crippen molar-refractivity contribution in [1.82, 2.24) is 14.9 Å². The Hall–Kier alpha value is -1.73. The molecule has 8 nitrogen and oxygen atoms in total. The summed E-state index contributed by atoms with van der Waals surface area (Å²) < 4.78 is 25.1. The largest absolute Gasteiger partial charge is 0.461 e. The molecule has 0 saturated carbocycles. The number of halogens is 2. The molecule has 1 aromatic heterocycles. The van der Waals surface area contributed by atoms with Crippen LogP contribution in [0.1, 0.15) is 24.8 Å². The lowest BCUT2D eigenvalue weighted by Crippen LogP contribution is -2.43. The van der Waals surface area contributed by atoms with Gasteiger partial charge >= 0.3 is 6.01 Å². The van der Waals surface area contributed by atoms with E-state index in [2.05, 4.69) is 14.9 Å². The van der Waals surface area contributed by atoms with Crippen LogP contribution in [0.3, 0.4) is 0 Å². The predicted molar refractivity (Wildman–Crippen MR) is 99.3 cm³/mol. The Morgan fingerprint density at radius 2 is 2.25 bits per heavy atom. The first-order valence-corrected chi connectivity index (χ1v) is 9.89. The number of nitriles is 1. The van der Waals surface area contributed by atoms with Gasteiger partial charge in [-0.15, -0.1) is 0 Å². The van der Waals surface area contributed by atoms with Crippen LogP contribution in [-0.4, -0.2) is 83.8 Å². The Balaban J connectivity index is 1.56. The molecule has 152 valence electrons. The van der Waals surface area contributed by atoms with Crippen LogP contribution >= 0.6 is 11.6 Å². The average molecular weight is 412 g/mol. The lowest BCUT2D eigenvalue weighted by atomic mass is 9.95. The molecular formula is C18H23ClFN5O3. The fraction of sp³-hybridized carbons (Fsp3) is 0.722. The molecule has 3 aliphatic rings. The number of hydrogen-bond donors (Lipinski definition) is 1. The van der Waals surface area contributed by atoms with Gasteiger partial charge in [-0.1, -0.05) is 11.6 Å². The van der Waals surface area contributed by atoms with Gasteiger partial charge in [0.2, 0.25) is 0 Å². The van der Waals surface area contributed by atoms with E-state index in [1.807, 2.05) is 6.07 Å². The second kappa shape index (κ2) is 7.95. The molecule has 4 rings (SSSR count). The van der Waals surface area contributed by atoms with Crippen molar-refractivity contribution in [3.63, 3.8) is 0 Å². The fourth-order valence-corrected chi connectivity index (χ4v) is 4.62. The van der Waals surface area contributed by atoms with Gasteiger partial charge in [0.25, 0.3) is 0 Å². The van der Waals surface area contributed by atoms with Crippen molar-refractivity contribution >= 4 is 17.4 Å². The van der Waals surface area contributed by atoms with Gasteiger partial charge in [-0.2, -0.15) is 15.2 Å². The molecule has 4 heterocycles. The third-order valence-corrected chi connectivity index (χ3v) is 5.99. The minimum Gasteiger partial charge on any atom is -0.461 e. The van der Waals surface area contributed by atoms with E-state index in [1.54, 1.807) is 4.90 Å². The van der Waals surface area contributed by atoms with E-state index in [0.717, 1.165) is 19.4 Å². The molecule has 0 amide bonds. The summed E-state index contributed by atoms with van der Waals surface area (Å²) in [6, 6.07) is 2.09. The molecular weight excluding hydrogens is 389 g/mol. The predicted octanol–water partition coefficient (Wildman–Crippen LogP) is 1.15. The van der Waals surface area contributed by atoms with Gasteiger partial charge < -0.3 is 19.5 Å². The average Bonchev–Trinajstić information content (AvgIpc) is 3.08. The molecule has 0 aromatic carbocycles. The highest BCUT2D eigenvalue weighted by atomic mass is 35.5. The lowest BCUT2D eigenvalue weighted by molar-refractivity contribution is 0.0597. The van der Waals surface area contributed by atoms with E-state index >= 15 is 0 Å². The number of rotatable bonds is 4. The highest BCUT2D eigenvalue weighted by Gasteiger charge is 2.49. The number of aromatic nitrogens is 2. The summed E-state index contributed by atoms with van der Waals surface area (Å²) in [7, 11) is 0. The zero-order valence-corrected chi connectivity index (χ0v) is 16.2. The van der Waals surface area contributed by atoms with Crippen LogP contribution in [0.4, 0.5) is 10.2 Å². The SMILES string of the molecule is N#Cc1c(Cl)nc(OC[C@@]23CCCN2CC(F)C3)nc1N1CCOCC(O)C1. The maximum Gasteiger partial charge on any atom is 0.319 e. The Morgan fingerprint density at radius 1 is 1.39 bits per heavy atom.